The van der Waals surface area contributed by atoms with E-state index >= 15 is 0 Å². The zero-order chi connectivity index (χ0) is 15.7. The van der Waals surface area contributed by atoms with Crippen LogP contribution in [0, 0.1) is 0 Å². The molecule has 0 saturated heterocycles. The van der Waals surface area contributed by atoms with Crippen LogP contribution in [0.5, 0.6) is 5.88 Å². The van der Waals surface area contributed by atoms with Gasteiger partial charge in [0.2, 0.25) is 0 Å². The Morgan fingerprint density at radius 2 is 2.00 bits per heavy atom. The first kappa shape index (κ1) is 14.2. The number of halogens is 1. The third kappa shape index (κ3) is 2.54. The number of aromatic carboxylic acids is 1. The van der Waals surface area contributed by atoms with E-state index in [4.69, 9.17) is 11.6 Å². The Morgan fingerprint density at radius 3 is 2.77 bits per heavy atom. The number of nitrogens with one attached hydrogen (secondary N) is 1. The summed E-state index contributed by atoms with van der Waals surface area (Å²) in [6, 6.07) is 11.8. The average Bonchev–Trinajstić information content (AvgIpc) is 2.81. The Hall–Kier alpha value is -2.79. The Bertz CT molecular complexity index is 900. The van der Waals surface area contributed by atoms with Crippen molar-refractivity contribution in [3.8, 4) is 5.88 Å². The van der Waals surface area contributed by atoms with Crippen LogP contribution in [0.1, 0.15) is 15.9 Å². The van der Waals surface area contributed by atoms with Crippen LogP contribution in [0.2, 0.25) is 5.02 Å². The minimum absolute atomic E-state index is 0.00285. The summed E-state index contributed by atoms with van der Waals surface area (Å²) in [6.45, 7) is 0. The number of fused-ring (bicyclic) bond motifs is 1. The maximum atomic E-state index is 11.2. The van der Waals surface area contributed by atoms with Crippen LogP contribution in [0.15, 0.2) is 47.5 Å². The maximum absolute atomic E-state index is 11.2. The van der Waals surface area contributed by atoms with Crippen molar-refractivity contribution in [2.75, 3.05) is 0 Å². The third-order valence-electron chi connectivity index (χ3n) is 3.25. The summed E-state index contributed by atoms with van der Waals surface area (Å²) in [5.41, 5.74) is 1.54. The van der Waals surface area contributed by atoms with E-state index in [2.05, 4.69) is 9.98 Å². The predicted molar refractivity (Wildman–Crippen MR) is 85.6 cm³/mol. The standard InChI is InChI=1S/C16H11ClN2O3/c17-9-5-6-13(11(7-9)16(21)22)18-8-12-10-3-1-2-4-14(10)19-15(12)20/h1-8,19-20H,(H,21,22). The van der Waals surface area contributed by atoms with E-state index in [1.807, 2.05) is 24.3 Å². The highest BCUT2D eigenvalue weighted by Gasteiger charge is 2.11. The molecule has 0 saturated carbocycles. The topological polar surface area (TPSA) is 85.7 Å². The quantitative estimate of drug-likeness (QED) is 0.639. The molecule has 6 heteroatoms. The highest BCUT2D eigenvalue weighted by atomic mass is 35.5. The summed E-state index contributed by atoms with van der Waals surface area (Å²) < 4.78 is 0. The lowest BCUT2D eigenvalue weighted by molar-refractivity contribution is 0.0698. The van der Waals surface area contributed by atoms with Gasteiger partial charge in [0.1, 0.15) is 0 Å². The second kappa shape index (κ2) is 5.54. The highest BCUT2D eigenvalue weighted by Crippen LogP contribution is 2.27. The summed E-state index contributed by atoms with van der Waals surface area (Å²) >= 11 is 5.80. The number of carbonyl (C=O) groups is 1. The van der Waals surface area contributed by atoms with Crippen LogP contribution in [-0.4, -0.2) is 27.4 Å². The zero-order valence-corrected chi connectivity index (χ0v) is 12.0. The van der Waals surface area contributed by atoms with E-state index in [-0.39, 0.29) is 17.1 Å². The third-order valence-corrected chi connectivity index (χ3v) is 3.48. The number of H-pyrrole nitrogens is 1. The minimum Gasteiger partial charge on any atom is -0.494 e. The largest absolute Gasteiger partial charge is 0.494 e. The van der Waals surface area contributed by atoms with Gasteiger partial charge in [-0.2, -0.15) is 0 Å². The molecule has 0 bridgehead atoms. The summed E-state index contributed by atoms with van der Waals surface area (Å²) in [6.07, 6.45) is 1.43. The van der Waals surface area contributed by atoms with Crippen LogP contribution < -0.4 is 0 Å². The Morgan fingerprint density at radius 1 is 1.23 bits per heavy atom. The number of carboxylic acid groups (broad SMARTS) is 1. The van der Waals surface area contributed by atoms with E-state index in [1.54, 1.807) is 6.07 Å². The molecule has 0 unspecified atom stereocenters. The molecule has 3 rings (SSSR count). The monoisotopic (exact) mass is 314 g/mol. The van der Waals surface area contributed by atoms with E-state index in [0.29, 0.717) is 10.6 Å². The molecule has 0 aliphatic heterocycles. The summed E-state index contributed by atoms with van der Waals surface area (Å²) in [7, 11) is 0. The van der Waals surface area contributed by atoms with Crippen LogP contribution in [0.4, 0.5) is 5.69 Å². The first-order valence-electron chi connectivity index (χ1n) is 6.43. The predicted octanol–water partition coefficient (Wildman–Crippen LogP) is 3.98. The number of para-hydroxylation sites is 1. The van der Waals surface area contributed by atoms with Crippen molar-refractivity contribution in [2.24, 2.45) is 4.99 Å². The molecule has 1 aromatic heterocycles. The number of carboxylic acids is 1. The van der Waals surface area contributed by atoms with Crippen molar-refractivity contribution in [1.82, 2.24) is 4.98 Å². The maximum Gasteiger partial charge on any atom is 0.337 e. The smallest absolute Gasteiger partial charge is 0.337 e. The molecule has 0 fully saturated rings. The van der Waals surface area contributed by atoms with Crippen LogP contribution >= 0.6 is 11.6 Å². The van der Waals surface area contributed by atoms with Gasteiger partial charge in [0.15, 0.2) is 5.88 Å². The number of aromatic amines is 1. The minimum atomic E-state index is -1.11. The van der Waals surface area contributed by atoms with Gasteiger partial charge in [-0.3, -0.25) is 4.99 Å². The molecular weight excluding hydrogens is 304 g/mol. The number of nitrogens with zero attached hydrogens (tertiary/aromatic N) is 1. The van der Waals surface area contributed by atoms with Gasteiger partial charge >= 0.3 is 5.97 Å². The van der Waals surface area contributed by atoms with Gasteiger partial charge in [0, 0.05) is 22.1 Å². The van der Waals surface area contributed by atoms with E-state index < -0.39 is 5.97 Å². The number of aromatic nitrogens is 1. The van der Waals surface area contributed by atoms with Gasteiger partial charge in [-0.1, -0.05) is 29.8 Å². The van der Waals surface area contributed by atoms with Crippen molar-refractivity contribution in [3.63, 3.8) is 0 Å². The van der Waals surface area contributed by atoms with Crippen molar-refractivity contribution < 1.29 is 15.0 Å². The van der Waals surface area contributed by atoms with E-state index in [9.17, 15) is 15.0 Å². The molecule has 5 nitrogen and oxygen atoms in total. The molecule has 0 aliphatic carbocycles. The normalized spacial score (nSPS) is 11.3. The summed E-state index contributed by atoms with van der Waals surface area (Å²) in [5, 5.41) is 20.3. The van der Waals surface area contributed by atoms with Crippen molar-refractivity contribution in [2.45, 2.75) is 0 Å². The fourth-order valence-electron chi connectivity index (χ4n) is 2.21. The molecule has 0 spiro atoms. The number of aliphatic imine (C=N–C) groups is 1. The molecule has 2 aromatic carbocycles. The fourth-order valence-corrected chi connectivity index (χ4v) is 2.38. The molecule has 110 valence electrons. The lowest BCUT2D eigenvalue weighted by Gasteiger charge is -2.01. The summed E-state index contributed by atoms with van der Waals surface area (Å²) in [4.78, 5) is 18.2. The zero-order valence-electron chi connectivity index (χ0n) is 11.2. The molecule has 1 heterocycles. The number of rotatable bonds is 3. The van der Waals surface area contributed by atoms with Gasteiger partial charge in [0.25, 0.3) is 0 Å². The first-order valence-corrected chi connectivity index (χ1v) is 6.80. The van der Waals surface area contributed by atoms with Gasteiger partial charge in [-0.15, -0.1) is 0 Å². The molecule has 0 atom stereocenters. The van der Waals surface area contributed by atoms with Gasteiger partial charge in [-0.25, -0.2) is 4.79 Å². The SMILES string of the molecule is O=C(O)c1cc(Cl)ccc1N=Cc1c(O)[nH]c2ccccc12. The highest BCUT2D eigenvalue weighted by molar-refractivity contribution is 6.31. The molecular formula is C16H11ClN2O3. The fraction of sp³-hybridized carbons (Fsp3) is 0. The average molecular weight is 315 g/mol. The second-order valence-electron chi connectivity index (χ2n) is 4.66. The molecule has 0 aliphatic rings. The molecule has 22 heavy (non-hydrogen) atoms. The molecule has 3 N–H and O–H groups in total. The Kier molecular flexibility index (Phi) is 3.56. The van der Waals surface area contributed by atoms with Crippen LogP contribution in [0.3, 0.4) is 0 Å². The van der Waals surface area contributed by atoms with E-state index in [0.717, 1.165) is 10.9 Å². The number of hydrogen-bond donors (Lipinski definition) is 3. The molecule has 0 radical (unpaired) electrons. The van der Waals surface area contributed by atoms with Gasteiger partial charge in [-0.05, 0) is 24.3 Å². The molecule has 3 aromatic rings. The molecule has 0 amide bonds. The number of hydrogen-bond acceptors (Lipinski definition) is 3. The van der Waals surface area contributed by atoms with Crippen LogP contribution in [0.25, 0.3) is 10.9 Å². The lowest BCUT2D eigenvalue weighted by atomic mass is 10.1. The second-order valence-corrected chi connectivity index (χ2v) is 5.09. The number of benzene rings is 2. The van der Waals surface area contributed by atoms with Gasteiger partial charge < -0.3 is 15.2 Å². The number of aromatic hydroxyl groups is 1. The van der Waals surface area contributed by atoms with Crippen LogP contribution in [-0.2, 0) is 0 Å². The van der Waals surface area contributed by atoms with Gasteiger partial charge in [0.05, 0.1) is 16.8 Å². The Balaban J connectivity index is 2.07. The van der Waals surface area contributed by atoms with Crippen molar-refractivity contribution in [3.05, 3.63) is 58.6 Å². The Labute approximate surface area is 130 Å². The van der Waals surface area contributed by atoms with Crippen molar-refractivity contribution >= 4 is 40.4 Å². The first-order chi connectivity index (χ1) is 10.6. The van der Waals surface area contributed by atoms with E-state index in [1.165, 1.54) is 18.3 Å². The summed E-state index contributed by atoms with van der Waals surface area (Å²) in [5.74, 6) is -1.13. The van der Waals surface area contributed by atoms with Crippen molar-refractivity contribution in [1.29, 1.82) is 0 Å². The lowest BCUT2D eigenvalue weighted by Crippen LogP contribution is -1.96.